The minimum absolute atomic E-state index is 0.0646. The molecule has 6 heteroatoms. The quantitative estimate of drug-likeness (QED) is 0.742. The van der Waals surface area contributed by atoms with Crippen LogP contribution in [-0.2, 0) is 9.59 Å². The second kappa shape index (κ2) is 9.25. The molecule has 0 unspecified atom stereocenters. The third-order valence-corrected chi connectivity index (χ3v) is 4.04. The number of rotatable bonds is 8. The second-order valence-electron chi connectivity index (χ2n) is 5.94. The normalized spacial score (nSPS) is 16.9. The molecule has 2 rings (SSSR count). The first-order valence-corrected chi connectivity index (χ1v) is 8.57. The van der Waals surface area contributed by atoms with Crippen molar-refractivity contribution in [2.24, 2.45) is 0 Å². The van der Waals surface area contributed by atoms with Gasteiger partial charge < -0.3 is 15.0 Å². The Bertz CT molecular complexity index is 548. The summed E-state index contributed by atoms with van der Waals surface area (Å²) >= 11 is 0. The summed E-state index contributed by atoms with van der Waals surface area (Å²) in [6, 6.07) is 5.51. The monoisotopic (exact) mass is 336 g/mol. The van der Waals surface area contributed by atoms with Gasteiger partial charge in [0.05, 0.1) is 6.61 Å². The molecular weight excluding hydrogens is 311 g/mol. The predicted molar refractivity (Wildman–Crippen MR) is 89.2 cm³/mol. The summed E-state index contributed by atoms with van der Waals surface area (Å²) in [5, 5.41) is 2.87. The zero-order chi connectivity index (χ0) is 17.4. The van der Waals surface area contributed by atoms with E-state index in [1.807, 2.05) is 6.92 Å². The number of amides is 2. The van der Waals surface area contributed by atoms with Crippen LogP contribution in [-0.4, -0.2) is 42.5 Å². The number of halogens is 1. The lowest BCUT2D eigenvalue weighted by Gasteiger charge is -2.23. The van der Waals surface area contributed by atoms with E-state index in [1.54, 1.807) is 17.0 Å². The smallest absolute Gasteiger partial charge is 0.242 e. The van der Waals surface area contributed by atoms with Gasteiger partial charge in [0.15, 0.2) is 0 Å². The highest BCUT2D eigenvalue weighted by molar-refractivity contribution is 5.88. The molecule has 1 heterocycles. The van der Waals surface area contributed by atoms with E-state index in [1.165, 1.54) is 12.1 Å². The maximum Gasteiger partial charge on any atom is 0.242 e. The predicted octanol–water partition coefficient (Wildman–Crippen LogP) is 2.50. The standard InChI is InChI=1S/C18H25FN2O3/c1-2-5-17(22)21-12-3-6-16(21)18(23)20-11-4-13-24-15-9-7-14(19)8-10-15/h7-10,16H,2-6,11-13H2,1H3,(H,20,23)/t16-/m0/s1. The number of hydrogen-bond acceptors (Lipinski definition) is 3. The lowest BCUT2D eigenvalue weighted by Crippen LogP contribution is -2.46. The highest BCUT2D eigenvalue weighted by Gasteiger charge is 2.33. The van der Waals surface area contributed by atoms with Crippen LogP contribution in [0, 0.1) is 5.82 Å². The number of hydrogen-bond donors (Lipinski definition) is 1. The zero-order valence-electron chi connectivity index (χ0n) is 14.1. The summed E-state index contributed by atoms with van der Waals surface area (Å²) < 4.78 is 18.2. The van der Waals surface area contributed by atoms with Crippen molar-refractivity contribution in [3.05, 3.63) is 30.1 Å². The first kappa shape index (κ1) is 18.2. The van der Waals surface area contributed by atoms with Crippen molar-refractivity contribution in [3.63, 3.8) is 0 Å². The minimum atomic E-state index is -0.331. The molecule has 24 heavy (non-hydrogen) atoms. The number of nitrogens with one attached hydrogen (secondary N) is 1. The molecule has 132 valence electrons. The van der Waals surface area contributed by atoms with E-state index < -0.39 is 0 Å². The van der Waals surface area contributed by atoms with Crippen LogP contribution in [0.15, 0.2) is 24.3 Å². The van der Waals surface area contributed by atoms with Gasteiger partial charge in [0.2, 0.25) is 11.8 Å². The van der Waals surface area contributed by atoms with Crippen molar-refractivity contribution < 1.29 is 18.7 Å². The van der Waals surface area contributed by atoms with E-state index in [9.17, 15) is 14.0 Å². The molecule has 1 saturated heterocycles. The average Bonchev–Trinajstić information content (AvgIpc) is 3.06. The van der Waals surface area contributed by atoms with E-state index in [0.29, 0.717) is 38.3 Å². The van der Waals surface area contributed by atoms with Crippen LogP contribution in [0.1, 0.15) is 39.0 Å². The van der Waals surface area contributed by atoms with Crippen molar-refractivity contribution in [2.75, 3.05) is 19.7 Å². The highest BCUT2D eigenvalue weighted by atomic mass is 19.1. The first-order valence-electron chi connectivity index (χ1n) is 8.57. The fourth-order valence-electron chi connectivity index (χ4n) is 2.82. The summed E-state index contributed by atoms with van der Waals surface area (Å²) in [6.07, 6.45) is 3.55. The summed E-state index contributed by atoms with van der Waals surface area (Å²) in [4.78, 5) is 26.0. The molecule has 0 saturated carbocycles. The number of likely N-dealkylation sites (tertiary alicyclic amines) is 1. The third-order valence-electron chi connectivity index (χ3n) is 4.04. The van der Waals surface area contributed by atoms with Crippen LogP contribution in [0.3, 0.4) is 0 Å². The Labute approximate surface area is 142 Å². The molecule has 0 bridgehead atoms. The number of ether oxygens (including phenoxy) is 1. The number of nitrogens with zero attached hydrogens (tertiary/aromatic N) is 1. The van der Waals surface area contributed by atoms with Crippen LogP contribution < -0.4 is 10.1 Å². The van der Waals surface area contributed by atoms with Crippen LogP contribution in [0.25, 0.3) is 0 Å². The molecule has 0 aliphatic carbocycles. The molecule has 1 aromatic rings. The summed E-state index contributed by atoms with van der Waals surface area (Å²) in [7, 11) is 0. The van der Waals surface area contributed by atoms with Gasteiger partial charge >= 0.3 is 0 Å². The number of carbonyl (C=O) groups excluding carboxylic acids is 2. The molecule has 0 spiro atoms. The van der Waals surface area contributed by atoms with E-state index >= 15 is 0 Å². The molecule has 1 fully saturated rings. The summed E-state index contributed by atoms with van der Waals surface area (Å²) in [5.41, 5.74) is 0. The Balaban J connectivity index is 1.67. The molecule has 1 atom stereocenters. The van der Waals surface area contributed by atoms with E-state index in [4.69, 9.17) is 4.74 Å². The molecule has 5 nitrogen and oxygen atoms in total. The number of carbonyl (C=O) groups is 2. The SMILES string of the molecule is CCCC(=O)N1CCC[C@H]1C(=O)NCCCOc1ccc(F)cc1. The maximum absolute atomic E-state index is 12.8. The van der Waals surface area contributed by atoms with Crippen molar-refractivity contribution in [2.45, 2.75) is 45.1 Å². The molecule has 1 aliphatic heterocycles. The fraction of sp³-hybridized carbons (Fsp3) is 0.556. The fourth-order valence-corrected chi connectivity index (χ4v) is 2.82. The van der Waals surface area contributed by atoms with Gasteiger partial charge in [0.25, 0.3) is 0 Å². The minimum Gasteiger partial charge on any atom is -0.494 e. The molecule has 0 radical (unpaired) electrons. The Morgan fingerprint density at radius 1 is 1.33 bits per heavy atom. The molecule has 1 N–H and O–H groups in total. The third kappa shape index (κ3) is 5.22. The van der Waals surface area contributed by atoms with Gasteiger partial charge in [-0.2, -0.15) is 0 Å². The van der Waals surface area contributed by atoms with Gasteiger partial charge in [0.1, 0.15) is 17.6 Å². The molecule has 2 amide bonds. The van der Waals surface area contributed by atoms with Gasteiger partial charge in [-0.05, 0) is 49.9 Å². The zero-order valence-corrected chi connectivity index (χ0v) is 14.1. The lowest BCUT2D eigenvalue weighted by molar-refractivity contribution is -0.138. The van der Waals surface area contributed by atoms with E-state index in [-0.39, 0.29) is 23.7 Å². The van der Waals surface area contributed by atoms with E-state index in [0.717, 1.165) is 19.3 Å². The lowest BCUT2D eigenvalue weighted by atomic mass is 10.2. The van der Waals surface area contributed by atoms with Gasteiger partial charge in [-0.3, -0.25) is 9.59 Å². The van der Waals surface area contributed by atoms with Crippen molar-refractivity contribution in [1.29, 1.82) is 0 Å². The molecule has 1 aliphatic rings. The second-order valence-corrected chi connectivity index (χ2v) is 5.94. The van der Waals surface area contributed by atoms with Gasteiger partial charge in [-0.25, -0.2) is 4.39 Å². The highest BCUT2D eigenvalue weighted by Crippen LogP contribution is 2.19. The number of benzene rings is 1. The Kier molecular flexibility index (Phi) is 7.03. The van der Waals surface area contributed by atoms with Gasteiger partial charge in [0, 0.05) is 19.5 Å². The van der Waals surface area contributed by atoms with Crippen LogP contribution in [0.2, 0.25) is 0 Å². The van der Waals surface area contributed by atoms with Crippen molar-refractivity contribution in [3.8, 4) is 5.75 Å². The van der Waals surface area contributed by atoms with Crippen LogP contribution in [0.5, 0.6) is 5.75 Å². The van der Waals surface area contributed by atoms with Crippen molar-refractivity contribution in [1.82, 2.24) is 10.2 Å². The van der Waals surface area contributed by atoms with Crippen LogP contribution >= 0.6 is 0 Å². The molecule has 1 aromatic carbocycles. The Hall–Kier alpha value is -2.11. The summed E-state index contributed by atoms with van der Waals surface area (Å²) in [6.45, 7) is 3.57. The van der Waals surface area contributed by atoms with E-state index in [2.05, 4.69) is 5.32 Å². The first-order chi connectivity index (χ1) is 11.6. The topological polar surface area (TPSA) is 58.6 Å². The molecule has 0 aromatic heterocycles. The maximum atomic E-state index is 12.8. The Morgan fingerprint density at radius 3 is 2.79 bits per heavy atom. The summed E-state index contributed by atoms with van der Waals surface area (Å²) in [5.74, 6) is 0.289. The average molecular weight is 336 g/mol. The van der Waals surface area contributed by atoms with Gasteiger partial charge in [-0.15, -0.1) is 0 Å². The van der Waals surface area contributed by atoms with Crippen LogP contribution in [0.4, 0.5) is 4.39 Å². The largest absolute Gasteiger partial charge is 0.494 e. The molecular formula is C18H25FN2O3. The van der Waals surface area contributed by atoms with Crippen molar-refractivity contribution >= 4 is 11.8 Å². The van der Waals surface area contributed by atoms with Gasteiger partial charge in [-0.1, -0.05) is 6.92 Å². The Morgan fingerprint density at radius 2 is 2.08 bits per heavy atom.